The Morgan fingerprint density at radius 2 is 1.88 bits per heavy atom. The third kappa shape index (κ3) is 4.40. The molecule has 0 aliphatic rings. The van der Waals surface area contributed by atoms with Crippen molar-refractivity contribution < 1.29 is 14.3 Å². The third-order valence-corrected chi connectivity index (χ3v) is 6.34. The number of thiophene rings is 1. The molecule has 1 heterocycles. The molecule has 3 rings (SSSR count). The van der Waals surface area contributed by atoms with E-state index in [-0.39, 0.29) is 4.88 Å². The Bertz CT molecular complexity index is 1020. The molecule has 0 bridgehead atoms. The van der Waals surface area contributed by atoms with Crippen LogP contribution in [0.2, 0.25) is 10.0 Å². The van der Waals surface area contributed by atoms with Crippen molar-refractivity contribution in [2.75, 3.05) is 11.9 Å². The van der Waals surface area contributed by atoms with Gasteiger partial charge in [-0.25, -0.2) is 4.79 Å². The number of benzene rings is 2. The molecule has 4 nitrogen and oxygen atoms in total. The Balaban J connectivity index is 1.67. The number of amides is 1. The summed E-state index contributed by atoms with van der Waals surface area (Å²) < 4.78 is 7.43. The van der Waals surface area contributed by atoms with E-state index >= 15 is 0 Å². The predicted octanol–water partition coefficient (Wildman–Crippen LogP) is 6.53. The summed E-state index contributed by atoms with van der Waals surface area (Å²) in [6.07, 6.45) is 0. The van der Waals surface area contributed by atoms with E-state index in [2.05, 4.69) is 37.2 Å². The number of carbonyl (C=O) groups excluding carboxylic acids is 2. The molecule has 3 aromatic rings. The van der Waals surface area contributed by atoms with E-state index in [9.17, 15) is 9.59 Å². The van der Waals surface area contributed by atoms with Crippen molar-refractivity contribution in [3.05, 3.63) is 60.3 Å². The zero-order valence-electron chi connectivity index (χ0n) is 12.8. The number of anilines is 1. The van der Waals surface area contributed by atoms with Crippen LogP contribution in [0.5, 0.6) is 0 Å². The van der Waals surface area contributed by atoms with Crippen molar-refractivity contribution in [1.82, 2.24) is 0 Å². The van der Waals surface area contributed by atoms with Crippen LogP contribution in [0.4, 0.5) is 5.69 Å². The lowest BCUT2D eigenvalue weighted by atomic mass is 10.2. The minimum absolute atomic E-state index is 0.238. The molecule has 1 amide bonds. The number of fused-ring (bicyclic) bond motifs is 1. The SMILES string of the molecule is O=C(COC(=O)c1sc2cc(Cl)ccc2c1Cl)Nc1ccc(Br)cc1Br. The van der Waals surface area contributed by atoms with Gasteiger partial charge in [-0.3, -0.25) is 4.79 Å². The van der Waals surface area contributed by atoms with Gasteiger partial charge in [-0.1, -0.05) is 45.2 Å². The molecular formula is C17H9Br2Cl2NO3S. The van der Waals surface area contributed by atoms with Crippen LogP contribution in [-0.4, -0.2) is 18.5 Å². The highest BCUT2D eigenvalue weighted by Gasteiger charge is 2.20. The van der Waals surface area contributed by atoms with E-state index in [4.69, 9.17) is 27.9 Å². The maximum atomic E-state index is 12.3. The van der Waals surface area contributed by atoms with Gasteiger partial charge in [0.15, 0.2) is 6.61 Å². The maximum absolute atomic E-state index is 12.3. The first-order valence-corrected chi connectivity index (χ1v) is 10.3. The summed E-state index contributed by atoms with van der Waals surface area (Å²) in [6.45, 7) is -0.424. The Morgan fingerprint density at radius 1 is 1.12 bits per heavy atom. The fourth-order valence-corrected chi connectivity index (χ4v) is 4.97. The number of nitrogens with one attached hydrogen (secondary N) is 1. The first kappa shape index (κ1) is 19.6. The molecule has 0 atom stereocenters. The number of hydrogen-bond acceptors (Lipinski definition) is 4. The highest BCUT2D eigenvalue weighted by Crippen LogP contribution is 2.37. The number of hydrogen-bond donors (Lipinski definition) is 1. The van der Waals surface area contributed by atoms with Crippen molar-refractivity contribution in [2.24, 2.45) is 0 Å². The zero-order chi connectivity index (χ0) is 18.8. The normalized spacial score (nSPS) is 10.8. The Hall–Kier alpha value is -1.12. The van der Waals surface area contributed by atoms with Crippen LogP contribution in [0, 0.1) is 0 Å². The fraction of sp³-hybridized carbons (Fsp3) is 0.0588. The second-order valence-corrected chi connectivity index (χ2v) is 8.77. The second-order valence-electron chi connectivity index (χ2n) is 5.13. The van der Waals surface area contributed by atoms with Crippen molar-refractivity contribution in [1.29, 1.82) is 0 Å². The van der Waals surface area contributed by atoms with Gasteiger partial charge < -0.3 is 10.1 Å². The molecule has 0 fully saturated rings. The van der Waals surface area contributed by atoms with Crippen LogP contribution >= 0.6 is 66.4 Å². The molecule has 2 aromatic carbocycles. The number of carbonyl (C=O) groups is 2. The molecule has 0 saturated heterocycles. The number of halogens is 4. The summed E-state index contributed by atoms with van der Waals surface area (Å²) in [5.41, 5.74) is 0.573. The van der Waals surface area contributed by atoms with Crippen LogP contribution in [0.3, 0.4) is 0 Å². The van der Waals surface area contributed by atoms with Crippen LogP contribution in [-0.2, 0) is 9.53 Å². The molecule has 0 aliphatic heterocycles. The van der Waals surface area contributed by atoms with Crippen molar-refractivity contribution in [3.8, 4) is 0 Å². The molecule has 134 valence electrons. The van der Waals surface area contributed by atoms with Gasteiger partial charge in [-0.05, 0) is 46.3 Å². The molecule has 1 N–H and O–H groups in total. The molecule has 9 heteroatoms. The lowest BCUT2D eigenvalue weighted by Gasteiger charge is -2.08. The van der Waals surface area contributed by atoms with E-state index in [1.54, 1.807) is 36.4 Å². The van der Waals surface area contributed by atoms with Gasteiger partial charge in [0.25, 0.3) is 5.91 Å². The molecule has 26 heavy (non-hydrogen) atoms. The molecule has 0 radical (unpaired) electrons. The zero-order valence-corrected chi connectivity index (χ0v) is 18.3. The number of rotatable bonds is 4. The first-order valence-electron chi connectivity index (χ1n) is 7.14. The second kappa shape index (κ2) is 8.27. The van der Waals surface area contributed by atoms with E-state index in [0.29, 0.717) is 20.2 Å². The van der Waals surface area contributed by atoms with E-state index < -0.39 is 18.5 Å². The summed E-state index contributed by atoms with van der Waals surface area (Å²) in [5.74, 6) is -1.11. The smallest absolute Gasteiger partial charge is 0.350 e. The van der Waals surface area contributed by atoms with Crippen molar-refractivity contribution in [2.45, 2.75) is 0 Å². The average Bonchev–Trinajstić information content (AvgIpc) is 2.91. The highest BCUT2D eigenvalue weighted by atomic mass is 79.9. The van der Waals surface area contributed by atoms with Gasteiger partial charge in [-0.15, -0.1) is 11.3 Å². The summed E-state index contributed by atoms with van der Waals surface area (Å²) in [4.78, 5) is 24.5. The minimum Gasteiger partial charge on any atom is -0.451 e. The molecule has 0 aliphatic carbocycles. The Labute approximate surface area is 179 Å². The summed E-state index contributed by atoms with van der Waals surface area (Å²) >= 11 is 20.0. The lowest BCUT2D eigenvalue weighted by molar-refractivity contribution is -0.119. The van der Waals surface area contributed by atoms with Gasteiger partial charge in [0.05, 0.1) is 10.7 Å². The Morgan fingerprint density at radius 3 is 2.62 bits per heavy atom. The van der Waals surface area contributed by atoms with Crippen molar-refractivity contribution >= 4 is 94.0 Å². The monoisotopic (exact) mass is 535 g/mol. The lowest BCUT2D eigenvalue weighted by Crippen LogP contribution is -2.20. The number of ether oxygens (including phenoxy) is 1. The molecule has 0 spiro atoms. The standard InChI is InChI=1S/C17H9Br2Cl2NO3S/c18-8-1-4-12(11(19)5-8)22-14(23)7-25-17(24)16-15(21)10-3-2-9(20)6-13(10)26-16/h1-6H,7H2,(H,22,23). The van der Waals surface area contributed by atoms with Crippen LogP contribution in [0.1, 0.15) is 9.67 Å². The van der Waals surface area contributed by atoms with Gasteiger partial charge in [0, 0.05) is 24.1 Å². The van der Waals surface area contributed by atoms with Crippen LogP contribution in [0.25, 0.3) is 10.1 Å². The number of esters is 1. The highest BCUT2D eigenvalue weighted by molar-refractivity contribution is 9.11. The van der Waals surface area contributed by atoms with E-state index in [0.717, 1.165) is 14.6 Å². The van der Waals surface area contributed by atoms with Gasteiger partial charge in [-0.2, -0.15) is 0 Å². The Kier molecular flexibility index (Phi) is 6.25. The quantitative estimate of drug-likeness (QED) is 0.385. The molecule has 0 unspecified atom stereocenters. The predicted molar refractivity (Wildman–Crippen MR) is 113 cm³/mol. The summed E-state index contributed by atoms with van der Waals surface area (Å²) in [7, 11) is 0. The summed E-state index contributed by atoms with van der Waals surface area (Å²) in [5, 5.41) is 4.23. The van der Waals surface area contributed by atoms with Gasteiger partial charge in [0.1, 0.15) is 4.88 Å². The summed E-state index contributed by atoms with van der Waals surface area (Å²) in [6, 6.07) is 10.5. The minimum atomic E-state index is -0.655. The van der Waals surface area contributed by atoms with E-state index in [1.165, 1.54) is 11.3 Å². The largest absolute Gasteiger partial charge is 0.451 e. The van der Waals surface area contributed by atoms with Crippen LogP contribution in [0.15, 0.2) is 45.3 Å². The maximum Gasteiger partial charge on any atom is 0.350 e. The molecule has 0 saturated carbocycles. The fourth-order valence-electron chi connectivity index (χ4n) is 2.14. The van der Waals surface area contributed by atoms with Crippen molar-refractivity contribution in [3.63, 3.8) is 0 Å². The topological polar surface area (TPSA) is 55.4 Å². The van der Waals surface area contributed by atoms with Crippen LogP contribution < -0.4 is 5.32 Å². The molecule has 1 aromatic heterocycles. The van der Waals surface area contributed by atoms with Gasteiger partial charge >= 0.3 is 5.97 Å². The molecular weight excluding hydrogens is 529 g/mol. The first-order chi connectivity index (χ1) is 12.3. The third-order valence-electron chi connectivity index (χ3n) is 3.32. The average molecular weight is 538 g/mol. The van der Waals surface area contributed by atoms with E-state index in [1.807, 2.05) is 0 Å². The van der Waals surface area contributed by atoms with Gasteiger partial charge in [0.2, 0.25) is 0 Å².